The van der Waals surface area contributed by atoms with Gasteiger partial charge in [-0.25, -0.2) is 4.79 Å². The number of nitrogens with zero attached hydrogens (tertiary/aromatic N) is 2. The van der Waals surface area contributed by atoms with Crippen molar-refractivity contribution in [2.45, 2.75) is 18.9 Å². The van der Waals surface area contributed by atoms with Crippen LogP contribution in [0, 0.1) is 0 Å². The zero-order chi connectivity index (χ0) is 11.4. The van der Waals surface area contributed by atoms with Gasteiger partial charge in [0.05, 0.1) is 13.2 Å². The first-order valence-corrected chi connectivity index (χ1v) is 5.96. The molecular weight excluding hydrogens is 208 g/mol. The van der Waals surface area contributed by atoms with Crippen molar-refractivity contribution < 1.29 is 14.3 Å². The van der Waals surface area contributed by atoms with Gasteiger partial charge in [-0.1, -0.05) is 0 Å². The van der Waals surface area contributed by atoms with Crippen LogP contribution in [0.2, 0.25) is 0 Å². The second kappa shape index (κ2) is 5.50. The van der Waals surface area contributed by atoms with Crippen molar-refractivity contribution in [1.29, 1.82) is 0 Å². The minimum atomic E-state index is -0.211. The molecule has 2 rings (SSSR count). The van der Waals surface area contributed by atoms with E-state index in [9.17, 15) is 4.79 Å². The van der Waals surface area contributed by atoms with E-state index >= 15 is 0 Å². The lowest BCUT2D eigenvalue weighted by atomic mass is 10.2. The molecule has 92 valence electrons. The first-order chi connectivity index (χ1) is 7.79. The summed E-state index contributed by atoms with van der Waals surface area (Å²) in [5, 5.41) is 0. The molecule has 16 heavy (non-hydrogen) atoms. The van der Waals surface area contributed by atoms with Crippen molar-refractivity contribution in [3.8, 4) is 0 Å². The molecule has 2 saturated heterocycles. The predicted octanol–water partition coefficient (Wildman–Crippen LogP) is 0.549. The van der Waals surface area contributed by atoms with E-state index in [1.807, 2.05) is 0 Å². The molecule has 0 spiro atoms. The molecular formula is C11H20N2O3. The SMILES string of the molecule is COC(=O)N1CCN(CC2CCCO2)CC1. The summed E-state index contributed by atoms with van der Waals surface area (Å²) in [7, 11) is 1.43. The fraction of sp³-hybridized carbons (Fsp3) is 0.909. The minimum absolute atomic E-state index is 0.211. The molecule has 1 unspecified atom stereocenters. The molecule has 0 saturated carbocycles. The highest BCUT2D eigenvalue weighted by molar-refractivity contribution is 5.67. The maximum absolute atomic E-state index is 11.3. The van der Waals surface area contributed by atoms with Gasteiger partial charge in [0.15, 0.2) is 0 Å². The average Bonchev–Trinajstić information content (AvgIpc) is 2.82. The number of rotatable bonds is 2. The molecule has 2 fully saturated rings. The number of carbonyl (C=O) groups is 1. The number of piperazine rings is 1. The Morgan fingerprint density at radius 1 is 1.38 bits per heavy atom. The molecule has 1 atom stereocenters. The van der Waals surface area contributed by atoms with Crippen molar-refractivity contribution >= 4 is 6.09 Å². The molecule has 0 aromatic carbocycles. The maximum atomic E-state index is 11.3. The summed E-state index contributed by atoms with van der Waals surface area (Å²) >= 11 is 0. The van der Waals surface area contributed by atoms with Crippen LogP contribution >= 0.6 is 0 Å². The molecule has 2 heterocycles. The zero-order valence-electron chi connectivity index (χ0n) is 9.85. The van der Waals surface area contributed by atoms with Crippen molar-refractivity contribution in [1.82, 2.24) is 9.80 Å². The summed E-state index contributed by atoms with van der Waals surface area (Å²) in [6.07, 6.45) is 2.56. The average molecular weight is 228 g/mol. The first-order valence-electron chi connectivity index (χ1n) is 5.96. The van der Waals surface area contributed by atoms with E-state index < -0.39 is 0 Å². The standard InChI is InChI=1S/C11H20N2O3/c1-15-11(14)13-6-4-12(5-7-13)9-10-3-2-8-16-10/h10H,2-9H2,1H3. The Morgan fingerprint density at radius 2 is 2.12 bits per heavy atom. The highest BCUT2D eigenvalue weighted by Crippen LogP contribution is 2.14. The van der Waals surface area contributed by atoms with E-state index in [0.29, 0.717) is 6.10 Å². The Hall–Kier alpha value is -0.810. The normalized spacial score (nSPS) is 27.1. The number of methoxy groups -OCH3 is 1. The predicted molar refractivity (Wildman–Crippen MR) is 59.4 cm³/mol. The van der Waals surface area contributed by atoms with E-state index in [-0.39, 0.29) is 6.09 Å². The van der Waals surface area contributed by atoms with Crippen LogP contribution in [-0.4, -0.2) is 68.4 Å². The fourth-order valence-electron chi connectivity index (χ4n) is 2.32. The van der Waals surface area contributed by atoms with E-state index in [0.717, 1.165) is 39.3 Å². The lowest BCUT2D eigenvalue weighted by Crippen LogP contribution is -2.50. The number of ether oxygens (including phenoxy) is 2. The van der Waals surface area contributed by atoms with Crippen LogP contribution in [0.15, 0.2) is 0 Å². The van der Waals surface area contributed by atoms with Crippen LogP contribution < -0.4 is 0 Å². The third-order valence-electron chi connectivity index (χ3n) is 3.29. The topological polar surface area (TPSA) is 42.0 Å². The largest absolute Gasteiger partial charge is 0.453 e. The van der Waals surface area contributed by atoms with Crippen molar-refractivity contribution in [3.63, 3.8) is 0 Å². The molecule has 0 N–H and O–H groups in total. The monoisotopic (exact) mass is 228 g/mol. The number of hydrogen-bond donors (Lipinski definition) is 0. The van der Waals surface area contributed by atoms with Gasteiger partial charge >= 0.3 is 6.09 Å². The number of carbonyl (C=O) groups excluding carboxylic acids is 1. The van der Waals surface area contributed by atoms with Crippen LogP contribution in [0.5, 0.6) is 0 Å². The molecule has 0 aliphatic carbocycles. The van der Waals surface area contributed by atoms with Crippen LogP contribution in [-0.2, 0) is 9.47 Å². The van der Waals surface area contributed by atoms with Crippen LogP contribution in [0.4, 0.5) is 4.79 Å². The molecule has 0 radical (unpaired) electrons. The second-order valence-electron chi connectivity index (χ2n) is 4.39. The molecule has 0 bridgehead atoms. The van der Waals surface area contributed by atoms with Crippen LogP contribution in [0.25, 0.3) is 0 Å². The summed E-state index contributed by atoms with van der Waals surface area (Å²) in [6, 6.07) is 0. The van der Waals surface area contributed by atoms with Crippen molar-refractivity contribution in [2.75, 3.05) is 46.4 Å². The number of amides is 1. The van der Waals surface area contributed by atoms with Gasteiger partial charge in [0.25, 0.3) is 0 Å². The Labute approximate surface area is 96.3 Å². The van der Waals surface area contributed by atoms with Gasteiger partial charge in [0.2, 0.25) is 0 Å². The van der Waals surface area contributed by atoms with E-state index in [1.165, 1.54) is 20.0 Å². The molecule has 0 aromatic heterocycles. The summed E-state index contributed by atoms with van der Waals surface area (Å²) in [4.78, 5) is 15.4. The lowest BCUT2D eigenvalue weighted by molar-refractivity contribution is 0.0473. The van der Waals surface area contributed by atoms with Crippen LogP contribution in [0.3, 0.4) is 0 Å². The number of hydrogen-bond acceptors (Lipinski definition) is 4. The van der Waals surface area contributed by atoms with Crippen molar-refractivity contribution in [2.24, 2.45) is 0 Å². The van der Waals surface area contributed by atoms with Gasteiger partial charge in [-0.2, -0.15) is 0 Å². The lowest BCUT2D eigenvalue weighted by Gasteiger charge is -2.34. The minimum Gasteiger partial charge on any atom is -0.453 e. The Bertz CT molecular complexity index is 233. The molecule has 1 amide bonds. The highest BCUT2D eigenvalue weighted by atomic mass is 16.5. The van der Waals surface area contributed by atoms with Gasteiger partial charge in [-0.3, -0.25) is 4.90 Å². The quantitative estimate of drug-likeness (QED) is 0.692. The van der Waals surface area contributed by atoms with Gasteiger partial charge in [0, 0.05) is 39.3 Å². The Morgan fingerprint density at radius 3 is 2.69 bits per heavy atom. The zero-order valence-corrected chi connectivity index (χ0v) is 9.85. The first kappa shape index (κ1) is 11.7. The van der Waals surface area contributed by atoms with Crippen LogP contribution in [0.1, 0.15) is 12.8 Å². The molecule has 5 nitrogen and oxygen atoms in total. The highest BCUT2D eigenvalue weighted by Gasteiger charge is 2.24. The molecule has 0 aromatic rings. The third kappa shape index (κ3) is 2.86. The summed E-state index contributed by atoms with van der Waals surface area (Å²) in [6.45, 7) is 5.30. The summed E-state index contributed by atoms with van der Waals surface area (Å²) in [5.74, 6) is 0. The van der Waals surface area contributed by atoms with E-state index in [4.69, 9.17) is 9.47 Å². The molecule has 2 aliphatic heterocycles. The van der Waals surface area contributed by atoms with Gasteiger partial charge < -0.3 is 14.4 Å². The van der Waals surface area contributed by atoms with Gasteiger partial charge in [0.1, 0.15) is 0 Å². The van der Waals surface area contributed by atoms with E-state index in [1.54, 1.807) is 4.90 Å². The molecule has 5 heteroatoms. The second-order valence-corrected chi connectivity index (χ2v) is 4.39. The fourth-order valence-corrected chi connectivity index (χ4v) is 2.32. The summed E-state index contributed by atoms with van der Waals surface area (Å²) in [5.41, 5.74) is 0. The summed E-state index contributed by atoms with van der Waals surface area (Å²) < 4.78 is 10.3. The Balaban J connectivity index is 1.70. The molecule has 2 aliphatic rings. The smallest absolute Gasteiger partial charge is 0.409 e. The maximum Gasteiger partial charge on any atom is 0.409 e. The van der Waals surface area contributed by atoms with Crippen molar-refractivity contribution in [3.05, 3.63) is 0 Å². The van der Waals surface area contributed by atoms with Gasteiger partial charge in [-0.05, 0) is 12.8 Å². The van der Waals surface area contributed by atoms with Gasteiger partial charge in [-0.15, -0.1) is 0 Å². The third-order valence-corrected chi connectivity index (χ3v) is 3.29. The Kier molecular flexibility index (Phi) is 4.01. The van der Waals surface area contributed by atoms with E-state index in [2.05, 4.69) is 4.90 Å².